The topological polar surface area (TPSA) is 47.6 Å². The van der Waals surface area contributed by atoms with Crippen molar-refractivity contribution in [2.75, 3.05) is 27.4 Å². The first-order valence-electron chi connectivity index (χ1n) is 6.07. The first-order valence-corrected chi connectivity index (χ1v) is 6.07. The van der Waals surface area contributed by atoms with Crippen LogP contribution in [0.1, 0.15) is 24.8 Å². The third-order valence-corrected chi connectivity index (χ3v) is 2.80. The molecule has 1 unspecified atom stereocenters. The Morgan fingerprint density at radius 3 is 2.50 bits per heavy atom. The lowest BCUT2D eigenvalue weighted by atomic mass is 9.97. The highest BCUT2D eigenvalue weighted by Gasteiger charge is 2.10. The van der Waals surface area contributed by atoms with Gasteiger partial charge in [0.25, 0.3) is 0 Å². The summed E-state index contributed by atoms with van der Waals surface area (Å²) >= 11 is 0. The molecular formula is C14H21NO3. The van der Waals surface area contributed by atoms with Crippen LogP contribution in [0.2, 0.25) is 0 Å². The Morgan fingerprint density at radius 2 is 1.94 bits per heavy atom. The van der Waals surface area contributed by atoms with Gasteiger partial charge in [-0.2, -0.15) is 0 Å². The van der Waals surface area contributed by atoms with Crippen LogP contribution in [0, 0.1) is 0 Å². The van der Waals surface area contributed by atoms with Gasteiger partial charge in [0.2, 0.25) is 5.91 Å². The molecule has 1 rings (SSSR count). The Balaban J connectivity index is 2.43. The van der Waals surface area contributed by atoms with E-state index in [9.17, 15) is 4.79 Å². The number of hydrogen-bond donors (Lipinski definition) is 1. The lowest BCUT2D eigenvalue weighted by Gasteiger charge is -2.12. The SMILES string of the molecule is COCCNC(=O)CC(C)c1ccc(OC)cc1. The average Bonchev–Trinajstić information content (AvgIpc) is 2.39. The molecule has 18 heavy (non-hydrogen) atoms. The smallest absolute Gasteiger partial charge is 0.220 e. The molecule has 0 bridgehead atoms. The lowest BCUT2D eigenvalue weighted by Crippen LogP contribution is -2.27. The number of ether oxygens (including phenoxy) is 2. The maximum Gasteiger partial charge on any atom is 0.220 e. The van der Waals surface area contributed by atoms with E-state index in [2.05, 4.69) is 5.32 Å². The maximum atomic E-state index is 11.6. The zero-order chi connectivity index (χ0) is 13.4. The zero-order valence-corrected chi connectivity index (χ0v) is 11.2. The van der Waals surface area contributed by atoms with Crippen molar-refractivity contribution in [3.63, 3.8) is 0 Å². The first kappa shape index (κ1) is 14.5. The monoisotopic (exact) mass is 251 g/mol. The normalized spacial score (nSPS) is 11.9. The number of benzene rings is 1. The Bertz CT molecular complexity index is 362. The van der Waals surface area contributed by atoms with Gasteiger partial charge in [0.05, 0.1) is 13.7 Å². The van der Waals surface area contributed by atoms with Crippen molar-refractivity contribution in [2.24, 2.45) is 0 Å². The summed E-state index contributed by atoms with van der Waals surface area (Å²) in [6.07, 6.45) is 0.482. The Labute approximate surface area is 108 Å². The quantitative estimate of drug-likeness (QED) is 0.753. The van der Waals surface area contributed by atoms with Crippen LogP contribution < -0.4 is 10.1 Å². The minimum atomic E-state index is 0.0513. The van der Waals surface area contributed by atoms with Crippen LogP contribution in [0.3, 0.4) is 0 Å². The molecule has 1 aromatic carbocycles. The summed E-state index contributed by atoms with van der Waals surface area (Å²) in [5.74, 6) is 1.07. The third kappa shape index (κ3) is 4.75. The van der Waals surface area contributed by atoms with E-state index in [1.54, 1.807) is 14.2 Å². The van der Waals surface area contributed by atoms with E-state index in [-0.39, 0.29) is 11.8 Å². The van der Waals surface area contributed by atoms with Gasteiger partial charge in [-0.3, -0.25) is 4.79 Å². The fraction of sp³-hybridized carbons (Fsp3) is 0.500. The number of nitrogens with one attached hydrogen (secondary N) is 1. The first-order chi connectivity index (χ1) is 8.67. The summed E-state index contributed by atoms with van der Waals surface area (Å²) < 4.78 is 9.98. The third-order valence-electron chi connectivity index (χ3n) is 2.80. The minimum Gasteiger partial charge on any atom is -0.497 e. The molecule has 1 N–H and O–H groups in total. The van der Waals surface area contributed by atoms with Gasteiger partial charge in [-0.05, 0) is 23.6 Å². The molecular weight excluding hydrogens is 230 g/mol. The summed E-state index contributed by atoms with van der Waals surface area (Å²) in [4.78, 5) is 11.6. The average molecular weight is 251 g/mol. The highest BCUT2D eigenvalue weighted by Crippen LogP contribution is 2.21. The standard InChI is InChI=1S/C14H21NO3/c1-11(10-14(16)15-8-9-17-2)12-4-6-13(18-3)7-5-12/h4-7,11H,8-10H2,1-3H3,(H,15,16). The number of methoxy groups -OCH3 is 2. The van der Waals surface area contributed by atoms with Crippen molar-refractivity contribution in [3.05, 3.63) is 29.8 Å². The van der Waals surface area contributed by atoms with E-state index >= 15 is 0 Å². The fourth-order valence-electron chi connectivity index (χ4n) is 1.69. The molecule has 0 aromatic heterocycles. The minimum absolute atomic E-state index is 0.0513. The van der Waals surface area contributed by atoms with E-state index in [1.807, 2.05) is 31.2 Å². The predicted molar refractivity (Wildman–Crippen MR) is 70.9 cm³/mol. The maximum absolute atomic E-state index is 11.6. The molecule has 0 saturated carbocycles. The molecule has 4 heteroatoms. The van der Waals surface area contributed by atoms with Gasteiger partial charge in [-0.1, -0.05) is 19.1 Å². The molecule has 4 nitrogen and oxygen atoms in total. The van der Waals surface area contributed by atoms with E-state index in [1.165, 1.54) is 0 Å². The molecule has 0 radical (unpaired) electrons. The van der Waals surface area contributed by atoms with Gasteiger partial charge < -0.3 is 14.8 Å². The van der Waals surface area contributed by atoms with Crippen LogP contribution in [-0.4, -0.2) is 33.3 Å². The van der Waals surface area contributed by atoms with Crippen molar-refractivity contribution in [3.8, 4) is 5.75 Å². The number of rotatable bonds is 7. The van der Waals surface area contributed by atoms with E-state index in [0.717, 1.165) is 11.3 Å². The molecule has 1 atom stereocenters. The van der Waals surface area contributed by atoms with Crippen LogP contribution >= 0.6 is 0 Å². The molecule has 0 spiro atoms. The molecule has 0 aliphatic heterocycles. The van der Waals surface area contributed by atoms with Crippen molar-refractivity contribution in [1.82, 2.24) is 5.32 Å². The predicted octanol–water partition coefficient (Wildman–Crippen LogP) is 1.95. The number of hydrogen-bond acceptors (Lipinski definition) is 3. The van der Waals surface area contributed by atoms with Crippen molar-refractivity contribution in [2.45, 2.75) is 19.3 Å². The molecule has 1 aromatic rings. The Hall–Kier alpha value is -1.55. The van der Waals surface area contributed by atoms with Gasteiger partial charge in [0.15, 0.2) is 0 Å². The summed E-state index contributed by atoms with van der Waals surface area (Å²) in [5, 5.41) is 2.82. The second-order valence-electron chi connectivity index (χ2n) is 4.22. The van der Waals surface area contributed by atoms with Gasteiger partial charge in [0, 0.05) is 20.1 Å². The van der Waals surface area contributed by atoms with E-state index in [4.69, 9.17) is 9.47 Å². The molecule has 0 saturated heterocycles. The van der Waals surface area contributed by atoms with Gasteiger partial charge >= 0.3 is 0 Å². The van der Waals surface area contributed by atoms with Crippen LogP contribution in [0.15, 0.2) is 24.3 Å². The Kier molecular flexibility index (Phi) is 6.22. The van der Waals surface area contributed by atoms with E-state index < -0.39 is 0 Å². The molecule has 0 heterocycles. The number of amides is 1. The van der Waals surface area contributed by atoms with Crippen molar-refractivity contribution < 1.29 is 14.3 Å². The fourth-order valence-corrected chi connectivity index (χ4v) is 1.69. The number of carbonyl (C=O) groups is 1. The molecule has 1 amide bonds. The summed E-state index contributed by atoms with van der Waals surface area (Å²) in [6.45, 7) is 3.14. The van der Waals surface area contributed by atoms with Crippen molar-refractivity contribution in [1.29, 1.82) is 0 Å². The highest BCUT2D eigenvalue weighted by molar-refractivity contribution is 5.76. The highest BCUT2D eigenvalue weighted by atomic mass is 16.5. The Morgan fingerprint density at radius 1 is 1.28 bits per heavy atom. The number of carbonyl (C=O) groups excluding carboxylic acids is 1. The van der Waals surface area contributed by atoms with Gasteiger partial charge in [-0.15, -0.1) is 0 Å². The van der Waals surface area contributed by atoms with Crippen LogP contribution in [-0.2, 0) is 9.53 Å². The summed E-state index contributed by atoms with van der Waals surface area (Å²) in [7, 11) is 3.26. The van der Waals surface area contributed by atoms with Crippen LogP contribution in [0.25, 0.3) is 0 Å². The van der Waals surface area contributed by atoms with Crippen molar-refractivity contribution >= 4 is 5.91 Å². The van der Waals surface area contributed by atoms with Gasteiger partial charge in [-0.25, -0.2) is 0 Å². The summed E-state index contributed by atoms with van der Waals surface area (Å²) in [5.41, 5.74) is 1.14. The zero-order valence-electron chi connectivity index (χ0n) is 11.2. The molecule has 0 aliphatic rings. The van der Waals surface area contributed by atoms with Gasteiger partial charge in [0.1, 0.15) is 5.75 Å². The summed E-state index contributed by atoms with van der Waals surface area (Å²) in [6, 6.07) is 7.81. The molecule has 0 aliphatic carbocycles. The lowest BCUT2D eigenvalue weighted by molar-refractivity contribution is -0.121. The second kappa shape index (κ2) is 7.71. The molecule has 100 valence electrons. The largest absolute Gasteiger partial charge is 0.497 e. The second-order valence-corrected chi connectivity index (χ2v) is 4.22. The van der Waals surface area contributed by atoms with Crippen LogP contribution in [0.5, 0.6) is 5.75 Å². The van der Waals surface area contributed by atoms with Crippen LogP contribution in [0.4, 0.5) is 0 Å². The molecule has 0 fully saturated rings. The van der Waals surface area contributed by atoms with E-state index in [0.29, 0.717) is 19.6 Å².